The van der Waals surface area contributed by atoms with Crippen LogP contribution in [0.2, 0.25) is 0 Å². The summed E-state index contributed by atoms with van der Waals surface area (Å²) in [5.41, 5.74) is 3.15. The molecule has 24 heavy (non-hydrogen) atoms. The van der Waals surface area contributed by atoms with Gasteiger partial charge in [0.25, 0.3) is 0 Å². The second-order valence-electron chi connectivity index (χ2n) is 5.54. The monoisotopic (exact) mass is 340 g/mol. The van der Waals surface area contributed by atoms with Crippen LogP contribution in [0.5, 0.6) is 0 Å². The molecule has 3 rings (SSSR count). The summed E-state index contributed by atoms with van der Waals surface area (Å²) in [4.78, 5) is 16.0. The van der Waals surface area contributed by atoms with Crippen molar-refractivity contribution in [2.24, 2.45) is 0 Å². The van der Waals surface area contributed by atoms with Crippen molar-refractivity contribution in [1.82, 2.24) is 4.98 Å². The lowest BCUT2D eigenvalue weighted by Gasteiger charge is -2.11. The maximum atomic E-state index is 11.6. The Morgan fingerprint density at radius 2 is 1.75 bits per heavy atom. The summed E-state index contributed by atoms with van der Waals surface area (Å²) in [6.45, 7) is 1.45. The van der Waals surface area contributed by atoms with Gasteiger partial charge in [0.2, 0.25) is 5.91 Å². The highest BCUT2D eigenvalue weighted by atomic mass is 32.2. The van der Waals surface area contributed by atoms with E-state index in [2.05, 4.69) is 10.3 Å². The molecule has 0 atom stereocenters. The van der Waals surface area contributed by atoms with Crippen LogP contribution in [0.25, 0.3) is 22.0 Å². The molecule has 2 aromatic carbocycles. The molecule has 3 aromatic rings. The SMILES string of the molecule is CC(=O)Nc1ccc(-c2ccc(S(C)(=O)=O)cc2)c2cccnc12. The van der Waals surface area contributed by atoms with Crippen molar-refractivity contribution >= 4 is 32.3 Å². The Bertz CT molecular complexity index is 1030. The molecule has 0 aliphatic heterocycles. The van der Waals surface area contributed by atoms with Gasteiger partial charge in [-0.3, -0.25) is 9.78 Å². The van der Waals surface area contributed by atoms with Gasteiger partial charge in [0.05, 0.1) is 16.1 Å². The standard InChI is InChI=1S/C18H16N2O3S/c1-12(21)20-17-10-9-15(16-4-3-11-19-18(16)17)13-5-7-14(8-6-13)24(2,22)23/h3-11H,1-2H3,(H,20,21). The molecule has 1 aromatic heterocycles. The van der Waals surface area contributed by atoms with E-state index in [1.54, 1.807) is 36.5 Å². The number of carbonyl (C=O) groups excluding carboxylic acids is 1. The lowest BCUT2D eigenvalue weighted by Crippen LogP contribution is -2.06. The quantitative estimate of drug-likeness (QED) is 0.794. The fourth-order valence-electron chi connectivity index (χ4n) is 2.60. The first-order valence-corrected chi connectivity index (χ1v) is 9.21. The second kappa shape index (κ2) is 6.05. The van der Waals surface area contributed by atoms with Crippen LogP contribution >= 0.6 is 0 Å². The van der Waals surface area contributed by atoms with Crippen LogP contribution < -0.4 is 5.32 Å². The molecule has 0 unspecified atom stereocenters. The lowest BCUT2D eigenvalue weighted by atomic mass is 10.00. The van der Waals surface area contributed by atoms with Gasteiger partial charge in [0.15, 0.2) is 9.84 Å². The number of pyridine rings is 1. The molecule has 5 nitrogen and oxygen atoms in total. The van der Waals surface area contributed by atoms with E-state index in [4.69, 9.17) is 0 Å². The third-order valence-corrected chi connectivity index (χ3v) is 4.80. The van der Waals surface area contributed by atoms with Gasteiger partial charge in [-0.1, -0.05) is 24.3 Å². The molecular formula is C18H16N2O3S. The molecule has 0 bridgehead atoms. The molecule has 1 amide bonds. The van der Waals surface area contributed by atoms with Gasteiger partial charge in [-0.2, -0.15) is 0 Å². The Balaban J connectivity index is 2.15. The fraction of sp³-hybridized carbons (Fsp3) is 0.111. The minimum atomic E-state index is -3.22. The average molecular weight is 340 g/mol. The highest BCUT2D eigenvalue weighted by Gasteiger charge is 2.11. The van der Waals surface area contributed by atoms with Crippen LogP contribution in [-0.2, 0) is 14.6 Å². The van der Waals surface area contributed by atoms with Crippen molar-refractivity contribution in [2.45, 2.75) is 11.8 Å². The van der Waals surface area contributed by atoms with E-state index in [1.165, 1.54) is 13.2 Å². The number of carbonyl (C=O) groups is 1. The van der Waals surface area contributed by atoms with E-state index in [0.717, 1.165) is 16.5 Å². The number of rotatable bonds is 3. The Morgan fingerprint density at radius 1 is 1.04 bits per heavy atom. The van der Waals surface area contributed by atoms with Crippen molar-refractivity contribution in [3.05, 3.63) is 54.7 Å². The molecule has 6 heteroatoms. The maximum absolute atomic E-state index is 11.6. The first kappa shape index (κ1) is 16.1. The summed E-state index contributed by atoms with van der Waals surface area (Å²) in [6.07, 6.45) is 2.85. The van der Waals surface area contributed by atoms with Crippen molar-refractivity contribution < 1.29 is 13.2 Å². The van der Waals surface area contributed by atoms with Crippen molar-refractivity contribution in [3.63, 3.8) is 0 Å². The zero-order valence-electron chi connectivity index (χ0n) is 13.3. The number of nitrogens with one attached hydrogen (secondary N) is 1. The topological polar surface area (TPSA) is 76.1 Å². The Kier molecular flexibility index (Phi) is 4.07. The molecule has 0 fully saturated rings. The van der Waals surface area contributed by atoms with Crippen LogP contribution in [0, 0.1) is 0 Å². The molecule has 0 spiro atoms. The zero-order chi connectivity index (χ0) is 17.3. The summed E-state index contributed by atoms with van der Waals surface area (Å²) >= 11 is 0. The zero-order valence-corrected chi connectivity index (χ0v) is 14.1. The molecule has 1 heterocycles. The number of hydrogen-bond acceptors (Lipinski definition) is 4. The molecule has 122 valence electrons. The van der Waals surface area contributed by atoms with Gasteiger partial charge in [-0.25, -0.2) is 8.42 Å². The van der Waals surface area contributed by atoms with E-state index in [1.807, 2.05) is 18.2 Å². The van der Waals surface area contributed by atoms with E-state index in [-0.39, 0.29) is 10.8 Å². The number of sulfone groups is 1. The summed E-state index contributed by atoms with van der Waals surface area (Å²) < 4.78 is 23.2. The van der Waals surface area contributed by atoms with E-state index in [0.29, 0.717) is 11.2 Å². The van der Waals surface area contributed by atoms with Crippen molar-refractivity contribution in [2.75, 3.05) is 11.6 Å². The fourth-order valence-corrected chi connectivity index (χ4v) is 3.23. The van der Waals surface area contributed by atoms with Gasteiger partial charge in [-0.15, -0.1) is 0 Å². The number of aromatic nitrogens is 1. The lowest BCUT2D eigenvalue weighted by molar-refractivity contribution is -0.114. The smallest absolute Gasteiger partial charge is 0.221 e. The number of nitrogens with zero attached hydrogens (tertiary/aromatic N) is 1. The number of hydrogen-bond donors (Lipinski definition) is 1. The Morgan fingerprint density at radius 3 is 2.38 bits per heavy atom. The van der Waals surface area contributed by atoms with Gasteiger partial charge in [-0.05, 0) is 35.4 Å². The average Bonchev–Trinajstić information content (AvgIpc) is 2.54. The predicted molar refractivity (Wildman–Crippen MR) is 94.6 cm³/mol. The van der Waals surface area contributed by atoms with Crippen molar-refractivity contribution in [1.29, 1.82) is 0 Å². The second-order valence-corrected chi connectivity index (χ2v) is 7.55. The maximum Gasteiger partial charge on any atom is 0.221 e. The molecule has 0 aliphatic rings. The van der Waals surface area contributed by atoms with Gasteiger partial charge < -0.3 is 5.32 Å². The first-order chi connectivity index (χ1) is 11.4. The van der Waals surface area contributed by atoms with E-state index >= 15 is 0 Å². The van der Waals surface area contributed by atoms with E-state index in [9.17, 15) is 13.2 Å². The summed E-state index contributed by atoms with van der Waals surface area (Å²) in [7, 11) is -3.22. The Labute approximate surface area is 140 Å². The minimum absolute atomic E-state index is 0.160. The highest BCUT2D eigenvalue weighted by molar-refractivity contribution is 7.90. The third kappa shape index (κ3) is 3.14. The number of benzene rings is 2. The molecule has 1 N–H and O–H groups in total. The molecule has 0 aliphatic carbocycles. The summed E-state index contributed by atoms with van der Waals surface area (Å²) in [5.74, 6) is -0.160. The summed E-state index contributed by atoms with van der Waals surface area (Å²) in [5, 5.41) is 3.66. The van der Waals surface area contributed by atoms with Gasteiger partial charge >= 0.3 is 0 Å². The van der Waals surface area contributed by atoms with Crippen LogP contribution in [0.4, 0.5) is 5.69 Å². The molecule has 0 saturated carbocycles. The largest absolute Gasteiger partial charge is 0.324 e. The minimum Gasteiger partial charge on any atom is -0.324 e. The first-order valence-electron chi connectivity index (χ1n) is 7.32. The van der Waals surface area contributed by atoms with E-state index < -0.39 is 9.84 Å². The van der Waals surface area contributed by atoms with Gasteiger partial charge in [0, 0.05) is 24.8 Å². The number of anilines is 1. The van der Waals surface area contributed by atoms with Crippen molar-refractivity contribution in [3.8, 4) is 11.1 Å². The molecular weight excluding hydrogens is 324 g/mol. The van der Waals surface area contributed by atoms with Crippen LogP contribution in [0.3, 0.4) is 0 Å². The Hall–Kier alpha value is -2.73. The van der Waals surface area contributed by atoms with Crippen LogP contribution in [0.1, 0.15) is 6.92 Å². The predicted octanol–water partition coefficient (Wildman–Crippen LogP) is 3.26. The number of fused-ring (bicyclic) bond motifs is 1. The number of amides is 1. The molecule has 0 radical (unpaired) electrons. The van der Waals surface area contributed by atoms with Crippen LogP contribution in [-0.4, -0.2) is 25.6 Å². The third-order valence-electron chi connectivity index (χ3n) is 3.67. The molecule has 0 saturated heterocycles. The van der Waals surface area contributed by atoms with Gasteiger partial charge in [0.1, 0.15) is 0 Å². The normalized spacial score (nSPS) is 11.4. The highest BCUT2D eigenvalue weighted by Crippen LogP contribution is 2.32. The van der Waals surface area contributed by atoms with Crippen LogP contribution in [0.15, 0.2) is 59.6 Å². The summed E-state index contributed by atoms with van der Waals surface area (Å²) in [6, 6.07) is 14.2.